The third-order valence-corrected chi connectivity index (χ3v) is 4.03. The second kappa shape index (κ2) is 6.12. The third kappa shape index (κ3) is 3.30. The summed E-state index contributed by atoms with van der Waals surface area (Å²) in [6.45, 7) is 2.02. The van der Waals surface area contributed by atoms with E-state index in [0.717, 1.165) is 15.9 Å². The summed E-state index contributed by atoms with van der Waals surface area (Å²) < 4.78 is 0.801. The molecule has 2 aromatic rings. The molecule has 0 fully saturated rings. The standard InChI is InChI=1S/C12H12BrN3O2S/c1-2-9(12-14-5-6-19-12)15-10-7-8(13)3-4-11(10)16(17)18/h3-7,9,15H,2H2,1H3. The Bertz CT molecular complexity index is 574. The van der Waals surface area contributed by atoms with E-state index in [4.69, 9.17) is 0 Å². The highest BCUT2D eigenvalue weighted by Crippen LogP contribution is 2.32. The van der Waals surface area contributed by atoms with Crippen LogP contribution >= 0.6 is 27.3 Å². The van der Waals surface area contributed by atoms with E-state index in [2.05, 4.69) is 26.2 Å². The first-order chi connectivity index (χ1) is 9.11. The van der Waals surface area contributed by atoms with E-state index in [1.165, 1.54) is 17.4 Å². The summed E-state index contributed by atoms with van der Waals surface area (Å²) >= 11 is 4.87. The Balaban J connectivity index is 2.31. The van der Waals surface area contributed by atoms with E-state index in [9.17, 15) is 10.1 Å². The van der Waals surface area contributed by atoms with Crippen molar-refractivity contribution >= 4 is 38.6 Å². The highest BCUT2D eigenvalue weighted by atomic mass is 79.9. The van der Waals surface area contributed by atoms with Gasteiger partial charge in [0.25, 0.3) is 5.69 Å². The molecule has 0 amide bonds. The molecule has 19 heavy (non-hydrogen) atoms. The number of anilines is 1. The molecule has 5 nitrogen and oxygen atoms in total. The molecule has 1 atom stereocenters. The Kier molecular flexibility index (Phi) is 4.49. The fourth-order valence-electron chi connectivity index (χ4n) is 1.72. The smallest absolute Gasteiger partial charge is 0.292 e. The molecule has 0 aliphatic carbocycles. The van der Waals surface area contributed by atoms with Gasteiger partial charge < -0.3 is 5.32 Å². The zero-order chi connectivity index (χ0) is 13.8. The third-order valence-electron chi connectivity index (χ3n) is 2.64. The van der Waals surface area contributed by atoms with E-state index in [0.29, 0.717) is 5.69 Å². The van der Waals surface area contributed by atoms with Gasteiger partial charge in [-0.15, -0.1) is 11.3 Å². The average Bonchev–Trinajstić information content (AvgIpc) is 2.89. The van der Waals surface area contributed by atoms with Crippen molar-refractivity contribution in [2.45, 2.75) is 19.4 Å². The van der Waals surface area contributed by atoms with E-state index in [-0.39, 0.29) is 16.7 Å². The zero-order valence-electron chi connectivity index (χ0n) is 10.2. The largest absolute Gasteiger partial charge is 0.370 e. The summed E-state index contributed by atoms with van der Waals surface area (Å²) in [6, 6.07) is 4.84. The summed E-state index contributed by atoms with van der Waals surface area (Å²) in [5.41, 5.74) is 0.569. The van der Waals surface area contributed by atoms with Crippen LogP contribution in [0.25, 0.3) is 0 Å². The number of hydrogen-bond donors (Lipinski definition) is 1. The maximum atomic E-state index is 11.0. The second-order valence-electron chi connectivity index (χ2n) is 3.89. The van der Waals surface area contributed by atoms with Crippen LogP contribution in [0.4, 0.5) is 11.4 Å². The molecule has 1 aromatic heterocycles. The quantitative estimate of drug-likeness (QED) is 0.647. The lowest BCUT2D eigenvalue weighted by molar-refractivity contribution is -0.384. The minimum Gasteiger partial charge on any atom is -0.370 e. The van der Waals surface area contributed by atoms with Gasteiger partial charge >= 0.3 is 0 Å². The molecular formula is C12H12BrN3O2S. The Morgan fingerprint density at radius 3 is 2.95 bits per heavy atom. The number of hydrogen-bond acceptors (Lipinski definition) is 5. The van der Waals surface area contributed by atoms with Gasteiger partial charge in [-0.2, -0.15) is 0 Å². The first-order valence-electron chi connectivity index (χ1n) is 5.71. The van der Waals surface area contributed by atoms with E-state index in [1.807, 2.05) is 12.3 Å². The van der Waals surface area contributed by atoms with Crippen LogP contribution in [0, 0.1) is 10.1 Å². The van der Waals surface area contributed by atoms with Gasteiger partial charge in [0.05, 0.1) is 11.0 Å². The Morgan fingerprint density at radius 2 is 2.37 bits per heavy atom. The lowest BCUT2D eigenvalue weighted by Gasteiger charge is -2.16. The average molecular weight is 342 g/mol. The van der Waals surface area contributed by atoms with Crippen LogP contribution in [0.3, 0.4) is 0 Å². The molecule has 0 saturated heterocycles. The maximum Gasteiger partial charge on any atom is 0.292 e. The fraction of sp³-hybridized carbons (Fsp3) is 0.250. The molecule has 7 heteroatoms. The van der Waals surface area contributed by atoms with E-state index >= 15 is 0 Å². The number of halogens is 1. The number of nitro groups is 1. The summed E-state index contributed by atoms with van der Waals surface area (Å²) in [6.07, 6.45) is 2.54. The topological polar surface area (TPSA) is 68.1 Å². The van der Waals surface area contributed by atoms with Crippen molar-refractivity contribution in [3.63, 3.8) is 0 Å². The van der Waals surface area contributed by atoms with Gasteiger partial charge in [0.15, 0.2) is 0 Å². The van der Waals surface area contributed by atoms with Gasteiger partial charge in [-0.05, 0) is 18.6 Å². The predicted octanol–water partition coefficient (Wildman–Crippen LogP) is 4.38. The molecule has 2 rings (SSSR count). The number of nitro benzene ring substituents is 1. The zero-order valence-corrected chi connectivity index (χ0v) is 12.6. The SMILES string of the molecule is CCC(Nc1cc(Br)ccc1[N+](=O)[O-])c1nccs1. The number of rotatable bonds is 5. The van der Waals surface area contributed by atoms with Crippen LogP contribution in [-0.2, 0) is 0 Å². The van der Waals surface area contributed by atoms with Crippen molar-refractivity contribution in [2.75, 3.05) is 5.32 Å². The molecule has 0 spiro atoms. The maximum absolute atomic E-state index is 11.0. The fourth-order valence-corrected chi connectivity index (χ4v) is 2.85. The molecule has 1 unspecified atom stereocenters. The van der Waals surface area contributed by atoms with E-state index < -0.39 is 0 Å². The number of nitrogens with one attached hydrogen (secondary N) is 1. The van der Waals surface area contributed by atoms with Gasteiger partial charge in [0.2, 0.25) is 0 Å². The summed E-state index contributed by atoms with van der Waals surface area (Å²) in [5, 5.41) is 17.1. The lowest BCUT2D eigenvalue weighted by atomic mass is 10.2. The normalized spacial score (nSPS) is 12.1. The molecule has 0 bridgehead atoms. The van der Waals surface area contributed by atoms with Crippen LogP contribution in [0.15, 0.2) is 34.2 Å². The summed E-state index contributed by atoms with van der Waals surface area (Å²) in [4.78, 5) is 14.9. The number of nitrogens with zero attached hydrogens (tertiary/aromatic N) is 2. The van der Waals surface area contributed by atoms with Crippen LogP contribution in [-0.4, -0.2) is 9.91 Å². The van der Waals surface area contributed by atoms with Crippen molar-refractivity contribution < 1.29 is 4.92 Å². The van der Waals surface area contributed by atoms with Crippen LogP contribution in [0.2, 0.25) is 0 Å². The first-order valence-corrected chi connectivity index (χ1v) is 7.39. The highest BCUT2D eigenvalue weighted by Gasteiger charge is 2.18. The molecule has 1 heterocycles. The molecule has 1 N–H and O–H groups in total. The van der Waals surface area contributed by atoms with Crippen molar-refractivity contribution in [3.8, 4) is 0 Å². The van der Waals surface area contributed by atoms with Gasteiger partial charge in [0.1, 0.15) is 10.7 Å². The minimum absolute atomic E-state index is 0.0204. The second-order valence-corrected chi connectivity index (χ2v) is 5.74. The first kappa shape index (κ1) is 14.0. The Hall–Kier alpha value is -1.47. The van der Waals surface area contributed by atoms with Crippen LogP contribution in [0.5, 0.6) is 0 Å². The van der Waals surface area contributed by atoms with Crippen LogP contribution in [0.1, 0.15) is 24.4 Å². The number of thiazole rings is 1. The molecule has 1 aromatic carbocycles. The van der Waals surface area contributed by atoms with E-state index in [1.54, 1.807) is 18.3 Å². The van der Waals surface area contributed by atoms with Gasteiger partial charge in [0, 0.05) is 22.1 Å². The summed E-state index contributed by atoms with van der Waals surface area (Å²) in [5.74, 6) is 0. The molecule has 0 radical (unpaired) electrons. The molecular weight excluding hydrogens is 330 g/mol. The molecule has 0 saturated carbocycles. The minimum atomic E-state index is -0.386. The molecule has 0 aliphatic heterocycles. The molecule has 100 valence electrons. The molecule has 0 aliphatic rings. The van der Waals surface area contributed by atoms with Crippen LogP contribution < -0.4 is 5.32 Å². The van der Waals surface area contributed by atoms with Gasteiger partial charge in [-0.1, -0.05) is 22.9 Å². The number of benzene rings is 1. The van der Waals surface area contributed by atoms with Crippen molar-refractivity contribution in [3.05, 3.63) is 49.4 Å². The highest BCUT2D eigenvalue weighted by molar-refractivity contribution is 9.10. The van der Waals surface area contributed by atoms with Crippen molar-refractivity contribution in [1.29, 1.82) is 0 Å². The Labute approximate surface area is 123 Å². The van der Waals surface area contributed by atoms with Gasteiger partial charge in [-0.3, -0.25) is 10.1 Å². The Morgan fingerprint density at radius 1 is 1.58 bits per heavy atom. The lowest BCUT2D eigenvalue weighted by Crippen LogP contribution is -2.10. The van der Waals surface area contributed by atoms with Crippen molar-refractivity contribution in [1.82, 2.24) is 4.98 Å². The monoisotopic (exact) mass is 341 g/mol. The summed E-state index contributed by atoms with van der Waals surface area (Å²) in [7, 11) is 0. The number of aromatic nitrogens is 1. The van der Waals surface area contributed by atoms with Gasteiger partial charge in [-0.25, -0.2) is 4.98 Å². The van der Waals surface area contributed by atoms with Crippen molar-refractivity contribution in [2.24, 2.45) is 0 Å². The predicted molar refractivity (Wildman–Crippen MR) is 79.6 cm³/mol.